The minimum atomic E-state index is -0.386. The lowest BCUT2D eigenvalue weighted by Gasteiger charge is -2.06. The van der Waals surface area contributed by atoms with Crippen molar-refractivity contribution in [2.75, 3.05) is 30.1 Å². The quantitative estimate of drug-likeness (QED) is 0.331. The smallest absolute Gasteiger partial charge is 0.325 e. The van der Waals surface area contributed by atoms with Crippen LogP contribution in [0.1, 0.15) is 0 Å². The van der Waals surface area contributed by atoms with E-state index < -0.39 is 0 Å². The Morgan fingerprint density at radius 2 is 1.89 bits per heavy atom. The van der Waals surface area contributed by atoms with Crippen molar-refractivity contribution in [3.8, 4) is 11.5 Å². The second-order valence-corrected chi connectivity index (χ2v) is 7.51. The zero-order chi connectivity index (χ0) is 18.9. The van der Waals surface area contributed by atoms with Crippen molar-refractivity contribution in [2.24, 2.45) is 0 Å². The maximum Gasteiger partial charge on any atom is 0.325 e. The second kappa shape index (κ2) is 9.79. The van der Waals surface area contributed by atoms with Crippen LogP contribution in [0.4, 0.5) is 15.6 Å². The average molecular weight is 403 g/mol. The van der Waals surface area contributed by atoms with E-state index in [0.717, 1.165) is 15.8 Å². The van der Waals surface area contributed by atoms with Crippen molar-refractivity contribution in [3.63, 3.8) is 0 Å². The van der Waals surface area contributed by atoms with Crippen LogP contribution in [0, 0.1) is 0 Å². The number of aromatic nitrogens is 2. The molecular formula is C18H18N4O3S2. The van der Waals surface area contributed by atoms with Gasteiger partial charge in [0, 0.05) is 17.5 Å². The molecule has 2 amide bonds. The van der Waals surface area contributed by atoms with Gasteiger partial charge in [-0.1, -0.05) is 47.4 Å². The maximum atomic E-state index is 12.1. The van der Waals surface area contributed by atoms with Crippen molar-refractivity contribution in [1.29, 1.82) is 0 Å². The maximum absolute atomic E-state index is 12.1. The third kappa shape index (κ3) is 6.15. The Morgan fingerprint density at radius 3 is 2.70 bits per heavy atom. The van der Waals surface area contributed by atoms with Crippen molar-refractivity contribution < 1.29 is 14.3 Å². The summed E-state index contributed by atoms with van der Waals surface area (Å²) < 4.78 is 11.5. The molecule has 2 N–H and O–H groups in total. The monoisotopic (exact) mass is 402 g/mol. The van der Waals surface area contributed by atoms with Crippen LogP contribution in [-0.2, 0) is 0 Å². The molecule has 0 unspecified atom stereocenters. The minimum Gasteiger partial charge on any atom is -0.497 e. The van der Waals surface area contributed by atoms with E-state index in [-0.39, 0.29) is 6.03 Å². The normalized spacial score (nSPS) is 10.3. The van der Waals surface area contributed by atoms with E-state index in [1.807, 2.05) is 30.3 Å². The number of ether oxygens (including phenoxy) is 2. The van der Waals surface area contributed by atoms with Crippen molar-refractivity contribution in [2.45, 2.75) is 4.34 Å². The van der Waals surface area contributed by atoms with Gasteiger partial charge < -0.3 is 14.8 Å². The number of para-hydroxylation sites is 1. The molecule has 3 aromatic rings. The molecule has 3 rings (SSSR count). The number of nitrogens with zero attached hydrogens (tertiary/aromatic N) is 2. The van der Waals surface area contributed by atoms with Crippen LogP contribution in [0.15, 0.2) is 58.9 Å². The first-order valence-corrected chi connectivity index (χ1v) is 9.89. The molecule has 0 spiro atoms. The van der Waals surface area contributed by atoms with Gasteiger partial charge in [0.15, 0.2) is 4.34 Å². The Hall–Kier alpha value is -2.78. The van der Waals surface area contributed by atoms with Crippen LogP contribution < -0.4 is 20.1 Å². The molecule has 0 aliphatic rings. The highest BCUT2D eigenvalue weighted by Gasteiger charge is 2.09. The Kier molecular flexibility index (Phi) is 6.89. The summed E-state index contributed by atoms with van der Waals surface area (Å²) in [5.41, 5.74) is 0.629. The minimum absolute atomic E-state index is 0.386. The standard InChI is InChI=1S/C18H18N4O3S2/c1-24-15-9-5-6-13(12-15)19-16(23)20-17-21-22-18(27-17)26-11-10-25-14-7-3-2-4-8-14/h2-9,12H,10-11H2,1H3,(H2,19,20,21,23). The van der Waals surface area contributed by atoms with Gasteiger partial charge in [-0.2, -0.15) is 0 Å². The summed E-state index contributed by atoms with van der Waals surface area (Å²) in [6.45, 7) is 0.563. The Bertz CT molecular complexity index is 874. The summed E-state index contributed by atoms with van der Waals surface area (Å²) in [7, 11) is 1.57. The molecular weight excluding hydrogens is 384 g/mol. The van der Waals surface area contributed by atoms with E-state index in [1.165, 1.54) is 23.1 Å². The fraction of sp³-hybridized carbons (Fsp3) is 0.167. The number of urea groups is 1. The number of anilines is 2. The molecule has 140 valence electrons. The zero-order valence-corrected chi connectivity index (χ0v) is 16.2. The first-order valence-electron chi connectivity index (χ1n) is 8.09. The largest absolute Gasteiger partial charge is 0.497 e. The molecule has 0 atom stereocenters. The molecule has 9 heteroatoms. The molecule has 0 saturated heterocycles. The Morgan fingerprint density at radius 1 is 1.07 bits per heavy atom. The lowest BCUT2D eigenvalue weighted by atomic mass is 10.3. The highest BCUT2D eigenvalue weighted by Crippen LogP contribution is 2.25. The third-order valence-electron chi connectivity index (χ3n) is 3.28. The lowest BCUT2D eigenvalue weighted by Crippen LogP contribution is -2.19. The molecule has 0 aliphatic carbocycles. The molecule has 0 bridgehead atoms. The van der Waals surface area contributed by atoms with Crippen molar-refractivity contribution in [1.82, 2.24) is 10.2 Å². The summed E-state index contributed by atoms with van der Waals surface area (Å²) in [5.74, 6) is 2.24. The number of hydrogen-bond acceptors (Lipinski definition) is 7. The van der Waals surface area contributed by atoms with Gasteiger partial charge in [0.05, 0.1) is 13.7 Å². The number of rotatable bonds is 8. The van der Waals surface area contributed by atoms with Crippen molar-refractivity contribution in [3.05, 3.63) is 54.6 Å². The third-order valence-corrected chi connectivity index (χ3v) is 5.21. The van der Waals surface area contributed by atoms with Crippen LogP contribution in [0.5, 0.6) is 11.5 Å². The first-order chi connectivity index (χ1) is 13.2. The topological polar surface area (TPSA) is 85.4 Å². The fourth-order valence-corrected chi connectivity index (χ4v) is 3.72. The molecule has 0 saturated carbocycles. The number of nitrogens with one attached hydrogen (secondary N) is 2. The summed E-state index contributed by atoms with van der Waals surface area (Å²) in [4.78, 5) is 12.1. The van der Waals surface area contributed by atoms with Crippen LogP contribution in [0.3, 0.4) is 0 Å². The van der Waals surface area contributed by atoms with E-state index in [9.17, 15) is 4.79 Å². The summed E-state index contributed by atoms with van der Waals surface area (Å²) in [6, 6.07) is 16.4. The predicted octanol–water partition coefficient (Wildman–Crippen LogP) is 4.36. The molecule has 7 nitrogen and oxygen atoms in total. The van der Waals surface area contributed by atoms with Gasteiger partial charge in [0.25, 0.3) is 0 Å². The fourth-order valence-electron chi connectivity index (χ4n) is 2.08. The highest BCUT2D eigenvalue weighted by atomic mass is 32.2. The van der Waals surface area contributed by atoms with E-state index in [2.05, 4.69) is 20.8 Å². The zero-order valence-electron chi connectivity index (χ0n) is 14.5. The van der Waals surface area contributed by atoms with E-state index in [4.69, 9.17) is 9.47 Å². The van der Waals surface area contributed by atoms with Gasteiger partial charge in [-0.25, -0.2) is 4.79 Å². The van der Waals surface area contributed by atoms with E-state index >= 15 is 0 Å². The number of carbonyl (C=O) groups is 1. The van der Waals surface area contributed by atoms with Crippen LogP contribution in [0.2, 0.25) is 0 Å². The SMILES string of the molecule is COc1cccc(NC(=O)Nc2nnc(SCCOc3ccccc3)s2)c1. The molecule has 2 aromatic carbocycles. The van der Waals surface area contributed by atoms with Gasteiger partial charge in [-0.3, -0.25) is 5.32 Å². The van der Waals surface area contributed by atoms with Gasteiger partial charge in [-0.05, 0) is 24.3 Å². The van der Waals surface area contributed by atoms with Gasteiger partial charge >= 0.3 is 6.03 Å². The summed E-state index contributed by atoms with van der Waals surface area (Å²) >= 11 is 2.84. The first kappa shape index (κ1) is 19.0. The molecule has 1 aromatic heterocycles. The Balaban J connectivity index is 1.42. The number of methoxy groups -OCH3 is 1. The number of amides is 2. The molecule has 0 radical (unpaired) electrons. The lowest BCUT2D eigenvalue weighted by molar-refractivity contribution is 0.262. The van der Waals surface area contributed by atoms with Crippen LogP contribution >= 0.6 is 23.1 Å². The molecule has 1 heterocycles. The molecule has 27 heavy (non-hydrogen) atoms. The molecule has 0 fully saturated rings. The van der Waals surface area contributed by atoms with Crippen LogP contribution in [0.25, 0.3) is 0 Å². The van der Waals surface area contributed by atoms with E-state index in [0.29, 0.717) is 23.2 Å². The van der Waals surface area contributed by atoms with E-state index in [1.54, 1.807) is 31.4 Å². The van der Waals surface area contributed by atoms with Gasteiger partial charge in [0.1, 0.15) is 11.5 Å². The van der Waals surface area contributed by atoms with Crippen LogP contribution in [-0.4, -0.2) is 35.7 Å². The highest BCUT2D eigenvalue weighted by molar-refractivity contribution is 8.01. The number of thioether (sulfide) groups is 1. The van der Waals surface area contributed by atoms with Gasteiger partial charge in [0.2, 0.25) is 5.13 Å². The predicted molar refractivity (Wildman–Crippen MR) is 108 cm³/mol. The number of carbonyl (C=O) groups excluding carboxylic acids is 1. The second-order valence-electron chi connectivity index (χ2n) is 5.19. The van der Waals surface area contributed by atoms with Gasteiger partial charge in [-0.15, -0.1) is 10.2 Å². The summed E-state index contributed by atoms with van der Waals surface area (Å²) in [6.07, 6.45) is 0. The summed E-state index contributed by atoms with van der Waals surface area (Å²) in [5, 5.41) is 13.9. The average Bonchev–Trinajstić information content (AvgIpc) is 3.13. The van der Waals surface area contributed by atoms with Crippen molar-refractivity contribution >= 4 is 39.9 Å². The molecule has 0 aliphatic heterocycles. The number of hydrogen-bond donors (Lipinski definition) is 2. The number of benzene rings is 2. The Labute approximate surface area is 165 Å².